The first-order chi connectivity index (χ1) is 10.3. The second kappa shape index (κ2) is 4.86. The molecule has 0 spiro atoms. The zero-order valence-electron chi connectivity index (χ0n) is 13.0. The second-order valence-electron chi connectivity index (χ2n) is 7.12. The van der Waals surface area contributed by atoms with Gasteiger partial charge in [0, 0.05) is 16.7 Å². The Kier molecular flexibility index (Phi) is 3.34. The lowest BCUT2D eigenvalue weighted by Crippen LogP contribution is -2.34. The van der Waals surface area contributed by atoms with E-state index in [2.05, 4.69) is 31.3 Å². The lowest BCUT2D eigenvalue weighted by atomic mass is 9.70. The number of carbonyl (C=O) groups is 1. The number of hydrogen-bond acceptors (Lipinski definition) is 2. The Morgan fingerprint density at radius 1 is 1.27 bits per heavy atom. The highest BCUT2D eigenvalue weighted by molar-refractivity contribution is 5.98. The molecule has 1 aromatic carbocycles. The van der Waals surface area contributed by atoms with Crippen LogP contribution in [0.4, 0.5) is 8.78 Å². The van der Waals surface area contributed by atoms with E-state index < -0.39 is 17.5 Å². The molecule has 0 radical (unpaired) electrons. The first-order valence-electron chi connectivity index (χ1n) is 7.58. The summed E-state index contributed by atoms with van der Waals surface area (Å²) < 4.78 is 26.1. The van der Waals surface area contributed by atoms with Crippen LogP contribution in [0.1, 0.15) is 50.4 Å². The number of hydrazone groups is 1. The van der Waals surface area contributed by atoms with Crippen LogP contribution in [0.5, 0.6) is 0 Å². The highest BCUT2D eigenvalue weighted by atomic mass is 19.2. The fraction of sp³-hybridized carbons (Fsp3) is 0.529. The lowest BCUT2D eigenvalue weighted by Gasteiger charge is -2.34. The number of hydrogen-bond donors (Lipinski definition) is 1. The van der Waals surface area contributed by atoms with Crippen LogP contribution in [0.2, 0.25) is 0 Å². The Balaban J connectivity index is 1.78. The van der Waals surface area contributed by atoms with Crippen LogP contribution >= 0.6 is 0 Å². The van der Waals surface area contributed by atoms with Gasteiger partial charge in [-0.25, -0.2) is 14.2 Å². The molecule has 3 rings (SSSR count). The van der Waals surface area contributed by atoms with Gasteiger partial charge >= 0.3 is 0 Å². The van der Waals surface area contributed by atoms with E-state index >= 15 is 0 Å². The van der Waals surface area contributed by atoms with Gasteiger partial charge in [-0.15, -0.1) is 0 Å². The normalized spacial score (nSPS) is 30.8. The van der Waals surface area contributed by atoms with E-state index in [-0.39, 0.29) is 16.4 Å². The van der Waals surface area contributed by atoms with Crippen molar-refractivity contribution < 1.29 is 13.6 Å². The van der Waals surface area contributed by atoms with Crippen LogP contribution in [0.25, 0.3) is 0 Å². The predicted molar refractivity (Wildman–Crippen MR) is 80.5 cm³/mol. The maximum atomic E-state index is 13.2. The minimum absolute atomic E-state index is 0.000999. The number of benzene rings is 1. The number of amides is 1. The van der Waals surface area contributed by atoms with Crippen molar-refractivity contribution in [1.29, 1.82) is 0 Å². The van der Waals surface area contributed by atoms with Gasteiger partial charge in [-0.1, -0.05) is 20.8 Å². The van der Waals surface area contributed by atoms with Gasteiger partial charge in [-0.05, 0) is 48.8 Å². The standard InChI is InChI=1S/C17H20F2N2O/c1-16(2)11-6-7-17(16,3)14(9-11)20-21-15(22)10-4-5-12(18)13(19)8-10/h4-5,8,11H,6-7,9H2,1-3H3,(H,21,22)/b20-14+/t11-,17+/m0/s1. The zero-order valence-corrected chi connectivity index (χ0v) is 13.0. The Morgan fingerprint density at radius 2 is 2.00 bits per heavy atom. The van der Waals surface area contributed by atoms with E-state index in [1.54, 1.807) is 0 Å². The Hall–Kier alpha value is -1.78. The molecule has 2 aliphatic rings. The van der Waals surface area contributed by atoms with Gasteiger partial charge in [-0.3, -0.25) is 4.79 Å². The number of carbonyl (C=O) groups excluding carboxylic acids is 1. The van der Waals surface area contributed by atoms with E-state index in [9.17, 15) is 13.6 Å². The third kappa shape index (κ3) is 2.06. The molecule has 2 aliphatic carbocycles. The third-order valence-electron chi connectivity index (χ3n) is 5.99. The summed E-state index contributed by atoms with van der Waals surface area (Å²) in [5.74, 6) is -1.93. The largest absolute Gasteiger partial charge is 0.271 e. The Morgan fingerprint density at radius 3 is 2.55 bits per heavy atom. The van der Waals surface area contributed by atoms with Crippen molar-refractivity contribution in [3.8, 4) is 0 Å². The van der Waals surface area contributed by atoms with Crippen LogP contribution in [0.15, 0.2) is 23.3 Å². The molecule has 1 aromatic rings. The predicted octanol–water partition coefficient (Wildman–Crippen LogP) is 3.90. The first kappa shape index (κ1) is 15.1. The number of rotatable bonds is 2. The molecular formula is C17H20F2N2O. The molecule has 0 aliphatic heterocycles. The molecule has 2 saturated carbocycles. The molecule has 2 bridgehead atoms. The topological polar surface area (TPSA) is 41.5 Å². The van der Waals surface area contributed by atoms with Gasteiger partial charge < -0.3 is 0 Å². The second-order valence-corrected chi connectivity index (χ2v) is 7.12. The van der Waals surface area contributed by atoms with Gasteiger partial charge in [0.15, 0.2) is 11.6 Å². The van der Waals surface area contributed by atoms with E-state index in [1.807, 2.05) is 0 Å². The summed E-state index contributed by atoms with van der Waals surface area (Å²) in [7, 11) is 0. The van der Waals surface area contributed by atoms with E-state index in [0.29, 0.717) is 5.92 Å². The fourth-order valence-electron chi connectivity index (χ4n) is 3.92. The molecule has 22 heavy (non-hydrogen) atoms. The molecule has 3 nitrogen and oxygen atoms in total. The fourth-order valence-corrected chi connectivity index (χ4v) is 3.92. The average molecular weight is 306 g/mol. The molecule has 5 heteroatoms. The van der Waals surface area contributed by atoms with Crippen molar-refractivity contribution in [2.24, 2.45) is 21.8 Å². The molecule has 0 aromatic heterocycles. The summed E-state index contributed by atoms with van der Waals surface area (Å²) in [5, 5.41) is 4.30. The zero-order chi connectivity index (χ0) is 16.1. The molecule has 118 valence electrons. The minimum atomic E-state index is -1.03. The highest BCUT2D eigenvalue weighted by Crippen LogP contribution is 2.63. The molecule has 2 fully saturated rings. The third-order valence-corrected chi connectivity index (χ3v) is 5.99. The monoisotopic (exact) mass is 306 g/mol. The Bertz CT molecular complexity index is 669. The SMILES string of the molecule is CC1(C)[C@H]2CC[C@]1(C)/C(=N/NC(=O)c1ccc(F)c(F)c1)C2. The van der Waals surface area contributed by atoms with Gasteiger partial charge in [0.2, 0.25) is 0 Å². The van der Waals surface area contributed by atoms with Gasteiger partial charge in [-0.2, -0.15) is 5.10 Å². The van der Waals surface area contributed by atoms with Crippen molar-refractivity contribution in [3.63, 3.8) is 0 Å². The number of nitrogens with one attached hydrogen (secondary N) is 1. The van der Waals surface area contributed by atoms with Crippen molar-refractivity contribution in [2.45, 2.75) is 40.0 Å². The smallest absolute Gasteiger partial charge is 0.267 e. The van der Waals surface area contributed by atoms with Gasteiger partial charge in [0.25, 0.3) is 5.91 Å². The average Bonchev–Trinajstić information content (AvgIpc) is 2.80. The van der Waals surface area contributed by atoms with Crippen LogP contribution in [0.3, 0.4) is 0 Å². The van der Waals surface area contributed by atoms with Crippen LogP contribution in [0, 0.1) is 28.4 Å². The van der Waals surface area contributed by atoms with Crippen LogP contribution in [-0.4, -0.2) is 11.6 Å². The first-order valence-corrected chi connectivity index (χ1v) is 7.58. The van der Waals surface area contributed by atoms with Crippen LogP contribution in [-0.2, 0) is 0 Å². The number of fused-ring (bicyclic) bond motifs is 2. The van der Waals surface area contributed by atoms with Crippen LogP contribution < -0.4 is 5.43 Å². The maximum absolute atomic E-state index is 13.2. The lowest BCUT2D eigenvalue weighted by molar-refractivity contribution is 0.0953. The number of nitrogens with zero attached hydrogens (tertiary/aromatic N) is 1. The summed E-state index contributed by atoms with van der Waals surface area (Å²) in [4.78, 5) is 12.0. The van der Waals surface area contributed by atoms with Crippen molar-refractivity contribution in [3.05, 3.63) is 35.4 Å². The molecular weight excluding hydrogens is 286 g/mol. The highest BCUT2D eigenvalue weighted by Gasteiger charge is 2.59. The van der Waals surface area contributed by atoms with E-state index in [0.717, 1.165) is 30.7 Å². The molecule has 0 heterocycles. The molecule has 0 saturated heterocycles. The summed E-state index contributed by atoms with van der Waals surface area (Å²) in [6.07, 6.45) is 3.16. The summed E-state index contributed by atoms with van der Waals surface area (Å²) in [5.41, 5.74) is 3.74. The van der Waals surface area contributed by atoms with Gasteiger partial charge in [0.1, 0.15) is 0 Å². The number of halogens is 2. The summed E-state index contributed by atoms with van der Waals surface area (Å²) in [6.45, 7) is 6.71. The molecule has 1 N–H and O–H groups in total. The van der Waals surface area contributed by atoms with E-state index in [4.69, 9.17) is 0 Å². The van der Waals surface area contributed by atoms with E-state index in [1.165, 1.54) is 12.5 Å². The van der Waals surface area contributed by atoms with Crippen molar-refractivity contribution in [1.82, 2.24) is 5.43 Å². The maximum Gasteiger partial charge on any atom is 0.271 e. The van der Waals surface area contributed by atoms with Crippen molar-refractivity contribution in [2.75, 3.05) is 0 Å². The molecule has 0 unspecified atom stereocenters. The Labute approximate surface area is 128 Å². The minimum Gasteiger partial charge on any atom is -0.267 e. The summed E-state index contributed by atoms with van der Waals surface area (Å²) >= 11 is 0. The summed E-state index contributed by atoms with van der Waals surface area (Å²) in [6, 6.07) is 3.08. The van der Waals surface area contributed by atoms with Crippen molar-refractivity contribution >= 4 is 11.6 Å². The van der Waals surface area contributed by atoms with Gasteiger partial charge in [0.05, 0.1) is 0 Å². The quantitative estimate of drug-likeness (QED) is 0.827. The molecule has 1 amide bonds. The molecule has 2 atom stereocenters.